The van der Waals surface area contributed by atoms with Gasteiger partial charge in [-0.15, -0.1) is 0 Å². The summed E-state index contributed by atoms with van der Waals surface area (Å²) in [6, 6.07) is 4.23. The SMILES string of the molecule is CCCCCCOc1cc(C)c(CCCOCCC)cc1OC. The van der Waals surface area contributed by atoms with Crippen LogP contribution in [-0.2, 0) is 11.2 Å². The first kappa shape index (κ1) is 19.8. The van der Waals surface area contributed by atoms with Gasteiger partial charge >= 0.3 is 0 Å². The molecule has 132 valence electrons. The van der Waals surface area contributed by atoms with E-state index in [1.807, 2.05) is 0 Å². The molecule has 3 nitrogen and oxygen atoms in total. The Kier molecular flexibility index (Phi) is 10.5. The first-order chi connectivity index (χ1) is 11.2. The van der Waals surface area contributed by atoms with Gasteiger partial charge in [-0.3, -0.25) is 0 Å². The molecule has 0 fully saturated rings. The summed E-state index contributed by atoms with van der Waals surface area (Å²) in [5, 5.41) is 0. The molecule has 0 N–H and O–H groups in total. The minimum Gasteiger partial charge on any atom is -0.493 e. The fourth-order valence-corrected chi connectivity index (χ4v) is 2.57. The summed E-state index contributed by atoms with van der Waals surface area (Å²) in [6.45, 7) is 8.94. The standard InChI is InChI=1S/C20H34O3/c1-5-7-8-9-14-23-20-15-17(3)18(16-19(20)21-4)11-10-13-22-12-6-2/h15-16H,5-14H2,1-4H3. The van der Waals surface area contributed by atoms with Crippen molar-refractivity contribution >= 4 is 0 Å². The quantitative estimate of drug-likeness (QED) is 0.460. The van der Waals surface area contributed by atoms with Gasteiger partial charge < -0.3 is 14.2 Å². The molecule has 0 aliphatic rings. The maximum atomic E-state index is 5.92. The average molecular weight is 322 g/mol. The highest BCUT2D eigenvalue weighted by Crippen LogP contribution is 2.31. The summed E-state index contributed by atoms with van der Waals surface area (Å²) in [5.41, 5.74) is 2.59. The molecular formula is C20H34O3. The Morgan fingerprint density at radius 3 is 2.35 bits per heavy atom. The van der Waals surface area contributed by atoms with Gasteiger partial charge in [0.2, 0.25) is 0 Å². The van der Waals surface area contributed by atoms with Crippen LogP contribution in [0.1, 0.15) is 63.5 Å². The van der Waals surface area contributed by atoms with E-state index in [0.717, 1.165) is 57.0 Å². The van der Waals surface area contributed by atoms with E-state index < -0.39 is 0 Å². The van der Waals surface area contributed by atoms with Crippen molar-refractivity contribution in [2.24, 2.45) is 0 Å². The van der Waals surface area contributed by atoms with Crippen LogP contribution in [0.5, 0.6) is 11.5 Å². The Labute approximate surface area is 142 Å². The van der Waals surface area contributed by atoms with Crippen molar-refractivity contribution in [1.82, 2.24) is 0 Å². The van der Waals surface area contributed by atoms with E-state index in [4.69, 9.17) is 14.2 Å². The fraction of sp³-hybridized carbons (Fsp3) is 0.700. The molecule has 0 spiro atoms. The third kappa shape index (κ3) is 7.74. The van der Waals surface area contributed by atoms with Crippen LogP contribution >= 0.6 is 0 Å². The van der Waals surface area contributed by atoms with E-state index in [-0.39, 0.29) is 0 Å². The number of benzene rings is 1. The van der Waals surface area contributed by atoms with Crippen molar-refractivity contribution in [3.63, 3.8) is 0 Å². The van der Waals surface area contributed by atoms with Crippen LogP contribution in [0.15, 0.2) is 12.1 Å². The lowest BCUT2D eigenvalue weighted by Gasteiger charge is -2.15. The van der Waals surface area contributed by atoms with Crippen molar-refractivity contribution in [2.45, 2.75) is 65.7 Å². The number of methoxy groups -OCH3 is 1. The number of hydrogen-bond acceptors (Lipinski definition) is 3. The molecule has 0 aromatic heterocycles. The Hall–Kier alpha value is -1.22. The van der Waals surface area contributed by atoms with Crippen LogP contribution in [0, 0.1) is 6.92 Å². The van der Waals surface area contributed by atoms with E-state index in [0.29, 0.717) is 0 Å². The molecule has 1 aromatic rings. The molecule has 0 aliphatic heterocycles. The van der Waals surface area contributed by atoms with E-state index in [2.05, 4.69) is 32.9 Å². The average Bonchev–Trinajstić information content (AvgIpc) is 2.56. The molecule has 0 amide bonds. The monoisotopic (exact) mass is 322 g/mol. The molecule has 0 bridgehead atoms. The minimum absolute atomic E-state index is 0.764. The summed E-state index contributed by atoms with van der Waals surface area (Å²) in [6.07, 6.45) is 8.00. The molecule has 0 radical (unpaired) electrons. The molecule has 0 unspecified atom stereocenters. The predicted molar refractivity (Wildman–Crippen MR) is 96.8 cm³/mol. The molecule has 1 aromatic carbocycles. The molecule has 1 rings (SSSR count). The molecule has 0 heterocycles. The molecule has 23 heavy (non-hydrogen) atoms. The van der Waals surface area contributed by atoms with Gasteiger partial charge in [0, 0.05) is 13.2 Å². The van der Waals surface area contributed by atoms with Gasteiger partial charge in [0.1, 0.15) is 0 Å². The van der Waals surface area contributed by atoms with Gasteiger partial charge in [-0.1, -0.05) is 33.1 Å². The summed E-state index contributed by atoms with van der Waals surface area (Å²) in [7, 11) is 1.71. The largest absolute Gasteiger partial charge is 0.493 e. The molecule has 0 saturated heterocycles. The molecule has 0 atom stereocenters. The molecule has 0 aliphatic carbocycles. The molecule has 0 saturated carbocycles. The second-order valence-corrected chi connectivity index (χ2v) is 6.05. The lowest BCUT2D eigenvalue weighted by Crippen LogP contribution is -2.03. The third-order valence-electron chi connectivity index (χ3n) is 3.96. The van der Waals surface area contributed by atoms with Gasteiger partial charge in [-0.05, 0) is 55.9 Å². The zero-order valence-corrected chi connectivity index (χ0v) is 15.5. The lowest BCUT2D eigenvalue weighted by atomic mass is 10.0. The summed E-state index contributed by atoms with van der Waals surface area (Å²) in [4.78, 5) is 0. The van der Waals surface area contributed by atoms with Crippen molar-refractivity contribution in [3.8, 4) is 11.5 Å². The highest BCUT2D eigenvalue weighted by atomic mass is 16.5. The van der Waals surface area contributed by atoms with Crippen LogP contribution in [0.2, 0.25) is 0 Å². The summed E-state index contributed by atoms with van der Waals surface area (Å²) >= 11 is 0. The maximum absolute atomic E-state index is 5.92. The van der Waals surface area contributed by atoms with Gasteiger partial charge in [0.25, 0.3) is 0 Å². The number of unbranched alkanes of at least 4 members (excludes halogenated alkanes) is 3. The van der Waals surface area contributed by atoms with Crippen molar-refractivity contribution in [3.05, 3.63) is 23.3 Å². The van der Waals surface area contributed by atoms with E-state index in [1.54, 1.807) is 7.11 Å². The molecule has 3 heteroatoms. The zero-order valence-electron chi connectivity index (χ0n) is 15.5. The van der Waals surface area contributed by atoms with Gasteiger partial charge in [0.15, 0.2) is 11.5 Å². The van der Waals surface area contributed by atoms with Crippen LogP contribution < -0.4 is 9.47 Å². The van der Waals surface area contributed by atoms with Crippen LogP contribution in [-0.4, -0.2) is 26.9 Å². The molecular weight excluding hydrogens is 288 g/mol. The van der Waals surface area contributed by atoms with E-state index in [9.17, 15) is 0 Å². The number of ether oxygens (including phenoxy) is 3. The summed E-state index contributed by atoms with van der Waals surface area (Å²) in [5.74, 6) is 1.71. The fourth-order valence-electron chi connectivity index (χ4n) is 2.57. The van der Waals surface area contributed by atoms with Gasteiger partial charge in [-0.25, -0.2) is 0 Å². The normalized spacial score (nSPS) is 10.8. The van der Waals surface area contributed by atoms with E-state index in [1.165, 1.54) is 30.4 Å². The van der Waals surface area contributed by atoms with Crippen LogP contribution in [0.25, 0.3) is 0 Å². The van der Waals surface area contributed by atoms with Crippen LogP contribution in [0.4, 0.5) is 0 Å². The van der Waals surface area contributed by atoms with Crippen molar-refractivity contribution < 1.29 is 14.2 Å². The van der Waals surface area contributed by atoms with Gasteiger partial charge in [0.05, 0.1) is 13.7 Å². The first-order valence-electron chi connectivity index (χ1n) is 9.10. The van der Waals surface area contributed by atoms with Crippen LogP contribution in [0.3, 0.4) is 0 Å². The second-order valence-electron chi connectivity index (χ2n) is 6.05. The lowest BCUT2D eigenvalue weighted by molar-refractivity contribution is 0.132. The number of aryl methyl sites for hydroxylation is 2. The van der Waals surface area contributed by atoms with Gasteiger partial charge in [-0.2, -0.15) is 0 Å². The number of hydrogen-bond donors (Lipinski definition) is 0. The Bertz CT molecular complexity index is 429. The topological polar surface area (TPSA) is 27.7 Å². The van der Waals surface area contributed by atoms with Crippen molar-refractivity contribution in [1.29, 1.82) is 0 Å². The Balaban J connectivity index is 2.52. The van der Waals surface area contributed by atoms with Crippen molar-refractivity contribution in [2.75, 3.05) is 26.9 Å². The Morgan fingerprint density at radius 1 is 0.826 bits per heavy atom. The predicted octanol–water partition coefficient (Wildman–Crippen LogP) is 5.32. The van der Waals surface area contributed by atoms with E-state index >= 15 is 0 Å². The maximum Gasteiger partial charge on any atom is 0.161 e. The second kappa shape index (κ2) is 12.2. The highest BCUT2D eigenvalue weighted by molar-refractivity contribution is 5.47. The Morgan fingerprint density at radius 2 is 1.65 bits per heavy atom. The zero-order chi connectivity index (χ0) is 16.9. The first-order valence-corrected chi connectivity index (χ1v) is 9.10. The third-order valence-corrected chi connectivity index (χ3v) is 3.96. The smallest absolute Gasteiger partial charge is 0.161 e. The summed E-state index contributed by atoms with van der Waals surface area (Å²) < 4.78 is 17.0. The number of rotatable bonds is 13. The minimum atomic E-state index is 0.764. The highest BCUT2D eigenvalue weighted by Gasteiger charge is 2.09.